The van der Waals surface area contributed by atoms with Gasteiger partial charge in [0.1, 0.15) is 18.1 Å². The number of carbonyl (C=O) groups excluding carboxylic acids is 3. The quantitative estimate of drug-likeness (QED) is 0.231. The first kappa shape index (κ1) is 35.0. The molecule has 0 bridgehead atoms. The first-order chi connectivity index (χ1) is 21.8. The number of hydrogen-bond donors (Lipinski definition) is 1. The molecule has 1 aliphatic heterocycles. The highest BCUT2D eigenvalue weighted by Crippen LogP contribution is 2.29. The van der Waals surface area contributed by atoms with E-state index in [4.69, 9.17) is 4.74 Å². The summed E-state index contributed by atoms with van der Waals surface area (Å²) in [6.45, 7) is 11.8. The third kappa shape index (κ3) is 8.80. The molecular weight excluding hydrogens is 572 g/mol. The van der Waals surface area contributed by atoms with Gasteiger partial charge in [0.15, 0.2) is 0 Å². The third-order valence-corrected chi connectivity index (χ3v) is 7.61. The van der Waals surface area contributed by atoms with Crippen molar-refractivity contribution in [2.24, 2.45) is 0 Å². The lowest BCUT2D eigenvalue weighted by Crippen LogP contribution is -2.36. The van der Waals surface area contributed by atoms with Crippen molar-refractivity contribution in [2.45, 2.75) is 79.8 Å². The lowest BCUT2D eigenvalue weighted by Gasteiger charge is -2.29. The van der Waals surface area contributed by atoms with E-state index in [0.717, 1.165) is 31.2 Å². The van der Waals surface area contributed by atoms with Crippen molar-refractivity contribution in [1.82, 2.24) is 19.4 Å². The van der Waals surface area contributed by atoms with Crippen LogP contribution in [0.25, 0.3) is 11.4 Å². The number of rotatable bonds is 13. The Morgan fingerprint density at radius 3 is 2.24 bits per heavy atom. The van der Waals surface area contributed by atoms with E-state index >= 15 is 0 Å². The Labute approximate surface area is 266 Å². The molecule has 1 N–H and O–H groups in total. The fourth-order valence-electron chi connectivity index (χ4n) is 5.26. The van der Waals surface area contributed by atoms with Gasteiger partial charge in [-0.3, -0.25) is 14.4 Å². The van der Waals surface area contributed by atoms with Crippen LogP contribution in [0.4, 0.5) is 0 Å². The molecule has 2 aromatic carbocycles. The Morgan fingerprint density at radius 1 is 0.956 bits per heavy atom. The minimum Gasteiger partial charge on any atom is -0.478 e. The SMILES string of the molecule is CC.CCCCN(CCCC)C(=O)c1cn(CC(=O)OCC)c(-c2ccc(C(=O)O)cc2C(=O)N2CCc3ccccc3C2)n1. The van der Waals surface area contributed by atoms with Crippen molar-refractivity contribution in [3.05, 3.63) is 76.6 Å². The second-order valence-electron chi connectivity index (χ2n) is 10.7. The van der Waals surface area contributed by atoms with Gasteiger partial charge in [0.05, 0.1) is 17.7 Å². The maximum absolute atomic E-state index is 14.0. The predicted octanol–water partition coefficient (Wildman–Crippen LogP) is 6.08. The lowest BCUT2D eigenvalue weighted by molar-refractivity contribution is -0.143. The minimum atomic E-state index is -1.17. The molecule has 4 rings (SSSR count). The molecule has 0 saturated carbocycles. The van der Waals surface area contributed by atoms with E-state index < -0.39 is 11.9 Å². The number of benzene rings is 2. The number of carboxylic acid groups (broad SMARTS) is 1. The number of unbranched alkanes of at least 4 members (excludes halogenated alkanes) is 2. The first-order valence-electron chi connectivity index (χ1n) is 16.0. The minimum absolute atomic E-state index is 0.0467. The maximum Gasteiger partial charge on any atom is 0.335 e. The highest BCUT2D eigenvalue weighted by molar-refractivity contribution is 6.03. The number of carboxylic acids is 1. The fraction of sp³-hybridized carbons (Fsp3) is 0.457. The van der Waals surface area contributed by atoms with Gasteiger partial charge in [-0.1, -0.05) is 64.8 Å². The van der Waals surface area contributed by atoms with Crippen LogP contribution < -0.4 is 0 Å². The molecule has 2 amide bonds. The molecule has 242 valence electrons. The molecule has 0 unspecified atom stereocenters. The zero-order valence-corrected chi connectivity index (χ0v) is 27.2. The Bertz CT molecular complexity index is 1470. The molecular formula is C35H46N4O6. The smallest absolute Gasteiger partial charge is 0.335 e. The highest BCUT2D eigenvalue weighted by atomic mass is 16.5. The van der Waals surface area contributed by atoms with E-state index in [2.05, 4.69) is 18.8 Å². The van der Waals surface area contributed by atoms with E-state index in [1.807, 2.05) is 38.1 Å². The van der Waals surface area contributed by atoms with E-state index in [0.29, 0.717) is 38.2 Å². The number of aromatic nitrogens is 2. The average molecular weight is 619 g/mol. The summed E-state index contributed by atoms with van der Waals surface area (Å²) in [7, 11) is 0. The number of fused-ring (bicyclic) bond motifs is 1. The Hall–Kier alpha value is -4.47. The van der Waals surface area contributed by atoms with Crippen molar-refractivity contribution in [3.63, 3.8) is 0 Å². The van der Waals surface area contributed by atoms with Gasteiger partial charge in [-0.05, 0) is 55.5 Å². The van der Waals surface area contributed by atoms with Crippen LogP contribution in [0, 0.1) is 0 Å². The number of ether oxygens (including phenoxy) is 1. The second-order valence-corrected chi connectivity index (χ2v) is 10.7. The number of hydrogen-bond acceptors (Lipinski definition) is 6. The van der Waals surface area contributed by atoms with E-state index in [1.54, 1.807) is 16.7 Å². The Morgan fingerprint density at radius 2 is 1.62 bits per heavy atom. The standard InChI is InChI=1S/C33H40N4O6.C2H6/c1-4-7-16-35(17-8-5-2)32(40)28-21-37(22-29(38)43-6-3)30(34-28)26-14-13-24(33(41)42)19-27(26)31(39)36-18-15-23-11-9-10-12-25(23)20-36;1-2/h9-14,19,21H,4-8,15-18,20,22H2,1-3H3,(H,41,42);1-2H3. The van der Waals surface area contributed by atoms with Gasteiger partial charge >= 0.3 is 11.9 Å². The summed E-state index contributed by atoms with van der Waals surface area (Å²) in [4.78, 5) is 60.4. The van der Waals surface area contributed by atoms with Gasteiger partial charge in [-0.25, -0.2) is 9.78 Å². The molecule has 0 aliphatic carbocycles. The van der Waals surface area contributed by atoms with Crippen LogP contribution in [0.2, 0.25) is 0 Å². The van der Waals surface area contributed by atoms with Crippen molar-refractivity contribution in [1.29, 1.82) is 0 Å². The summed E-state index contributed by atoms with van der Waals surface area (Å²) >= 11 is 0. The normalized spacial score (nSPS) is 12.1. The zero-order valence-electron chi connectivity index (χ0n) is 27.2. The Kier molecular flexibility index (Phi) is 13.3. The fourth-order valence-corrected chi connectivity index (χ4v) is 5.26. The van der Waals surface area contributed by atoms with Gasteiger partial charge in [0, 0.05) is 37.9 Å². The third-order valence-electron chi connectivity index (χ3n) is 7.61. The number of esters is 1. The van der Waals surface area contributed by atoms with Gasteiger partial charge in [0.25, 0.3) is 11.8 Å². The van der Waals surface area contributed by atoms with Crippen LogP contribution >= 0.6 is 0 Å². The average Bonchev–Trinajstić information content (AvgIpc) is 3.47. The van der Waals surface area contributed by atoms with Crippen LogP contribution in [0.1, 0.15) is 103 Å². The molecule has 0 atom stereocenters. The molecule has 0 saturated heterocycles. The monoisotopic (exact) mass is 618 g/mol. The summed E-state index contributed by atoms with van der Waals surface area (Å²) < 4.78 is 6.70. The topological polar surface area (TPSA) is 122 Å². The van der Waals surface area contributed by atoms with Crippen LogP contribution in [-0.2, 0) is 29.0 Å². The van der Waals surface area contributed by atoms with E-state index in [9.17, 15) is 24.3 Å². The molecule has 45 heavy (non-hydrogen) atoms. The van der Waals surface area contributed by atoms with E-state index in [-0.39, 0.29) is 47.6 Å². The second kappa shape index (κ2) is 17.1. The molecule has 0 radical (unpaired) electrons. The Balaban J connectivity index is 0.00000271. The summed E-state index contributed by atoms with van der Waals surface area (Å²) in [6.07, 6.45) is 5.76. The number of imidazole rings is 1. The summed E-state index contributed by atoms with van der Waals surface area (Å²) in [5, 5.41) is 9.75. The van der Waals surface area contributed by atoms with Crippen LogP contribution in [0.15, 0.2) is 48.7 Å². The summed E-state index contributed by atoms with van der Waals surface area (Å²) in [5.74, 6) is -2.07. The van der Waals surface area contributed by atoms with Gasteiger partial charge in [-0.2, -0.15) is 0 Å². The van der Waals surface area contributed by atoms with E-state index in [1.165, 1.54) is 34.5 Å². The molecule has 2 heterocycles. The van der Waals surface area contributed by atoms with Crippen LogP contribution in [0.5, 0.6) is 0 Å². The van der Waals surface area contributed by atoms with Gasteiger partial charge < -0.3 is 24.2 Å². The zero-order chi connectivity index (χ0) is 32.9. The largest absolute Gasteiger partial charge is 0.478 e. The van der Waals surface area contributed by atoms with Gasteiger partial charge in [0.2, 0.25) is 0 Å². The molecule has 1 aromatic heterocycles. The van der Waals surface area contributed by atoms with Crippen LogP contribution in [-0.4, -0.2) is 74.5 Å². The maximum atomic E-state index is 14.0. The molecule has 0 spiro atoms. The summed E-state index contributed by atoms with van der Waals surface area (Å²) in [5.41, 5.74) is 2.80. The van der Waals surface area contributed by atoms with Crippen molar-refractivity contribution in [2.75, 3.05) is 26.2 Å². The van der Waals surface area contributed by atoms with Crippen LogP contribution in [0.3, 0.4) is 0 Å². The molecule has 3 aromatic rings. The predicted molar refractivity (Wildman–Crippen MR) is 173 cm³/mol. The highest BCUT2D eigenvalue weighted by Gasteiger charge is 2.28. The van der Waals surface area contributed by atoms with Crippen molar-refractivity contribution >= 4 is 23.8 Å². The molecule has 1 aliphatic rings. The van der Waals surface area contributed by atoms with Crippen molar-refractivity contribution in [3.8, 4) is 11.4 Å². The molecule has 10 nitrogen and oxygen atoms in total. The number of aromatic carboxylic acids is 1. The molecule has 10 heteroatoms. The van der Waals surface area contributed by atoms with Gasteiger partial charge in [-0.15, -0.1) is 0 Å². The number of nitrogens with zero attached hydrogens (tertiary/aromatic N) is 4. The first-order valence-corrected chi connectivity index (χ1v) is 16.0. The lowest BCUT2D eigenvalue weighted by atomic mass is 9.97. The number of amides is 2. The number of carbonyl (C=O) groups is 4. The molecule has 0 fully saturated rings. The van der Waals surface area contributed by atoms with Crippen molar-refractivity contribution < 1.29 is 29.0 Å². The summed E-state index contributed by atoms with van der Waals surface area (Å²) in [6, 6.07) is 12.2.